The Morgan fingerprint density at radius 3 is 2.32 bits per heavy atom. The summed E-state index contributed by atoms with van der Waals surface area (Å²) in [5.74, 6) is -0.399. The van der Waals surface area contributed by atoms with Crippen molar-refractivity contribution in [3.05, 3.63) is 29.3 Å². The Hall–Kier alpha value is -0.000000000000000167. The van der Waals surface area contributed by atoms with Gasteiger partial charge in [-0.2, -0.15) is 8.42 Å². The molecule has 0 aromatic heterocycles. The van der Waals surface area contributed by atoms with Gasteiger partial charge in [-0.15, -0.1) is 0 Å². The van der Waals surface area contributed by atoms with Gasteiger partial charge in [0.2, 0.25) is 0 Å². The predicted molar refractivity (Wildman–Crippen MR) is 76.7 cm³/mol. The Bertz CT molecular complexity index is 589. The third kappa shape index (κ3) is 3.56. The largest absolute Gasteiger partial charge is 0.294 e. The fraction of sp³-hybridized carbons (Fsp3) is 0.500. The maximum absolute atomic E-state index is 11.5. The maximum atomic E-state index is 11.5. The molecular weight excluding hydrogens is 331 g/mol. The van der Waals surface area contributed by atoms with Gasteiger partial charge in [-0.05, 0) is 37.3 Å². The molecule has 1 aromatic rings. The second-order valence-corrected chi connectivity index (χ2v) is 8.63. The monoisotopic (exact) mass is 342 g/mol. The zero-order valence-corrected chi connectivity index (χ0v) is 13.2. The highest BCUT2D eigenvalue weighted by Gasteiger charge is 2.46. The zero-order valence-electron chi connectivity index (χ0n) is 10.1. The Labute approximate surface area is 127 Å². The SMILES string of the molecule is Cc1ccc(S(=O)(=O)O)c(C(C2CC2)C(Cl)(Cl)Cl)c1. The van der Waals surface area contributed by atoms with E-state index < -0.39 is 19.8 Å². The quantitative estimate of drug-likeness (QED) is 0.664. The van der Waals surface area contributed by atoms with Crippen molar-refractivity contribution in [1.29, 1.82) is 0 Å². The first kappa shape index (κ1) is 15.4. The van der Waals surface area contributed by atoms with Crippen molar-refractivity contribution < 1.29 is 13.0 Å². The lowest BCUT2D eigenvalue weighted by atomic mass is 9.94. The van der Waals surface area contributed by atoms with Gasteiger partial charge < -0.3 is 0 Å². The Kier molecular flexibility index (Phi) is 4.11. The van der Waals surface area contributed by atoms with E-state index in [4.69, 9.17) is 34.8 Å². The normalized spacial score (nSPS) is 18.4. The van der Waals surface area contributed by atoms with Gasteiger partial charge in [0.1, 0.15) is 0 Å². The van der Waals surface area contributed by atoms with Crippen LogP contribution in [0.25, 0.3) is 0 Å². The topological polar surface area (TPSA) is 54.4 Å². The molecule has 1 saturated carbocycles. The molecule has 106 valence electrons. The third-order valence-corrected chi connectivity index (χ3v) is 4.86. The van der Waals surface area contributed by atoms with Gasteiger partial charge >= 0.3 is 0 Å². The number of hydrogen-bond donors (Lipinski definition) is 1. The van der Waals surface area contributed by atoms with E-state index in [-0.39, 0.29) is 10.8 Å². The molecule has 3 nitrogen and oxygen atoms in total. The molecule has 0 bridgehead atoms. The molecule has 1 aliphatic carbocycles. The molecule has 0 spiro atoms. The van der Waals surface area contributed by atoms with Crippen molar-refractivity contribution in [3.8, 4) is 0 Å². The first-order valence-corrected chi connectivity index (χ1v) is 8.33. The fourth-order valence-electron chi connectivity index (χ4n) is 2.27. The average molecular weight is 344 g/mol. The van der Waals surface area contributed by atoms with E-state index in [1.165, 1.54) is 6.07 Å². The van der Waals surface area contributed by atoms with Crippen LogP contribution in [0.1, 0.15) is 29.9 Å². The van der Waals surface area contributed by atoms with Gasteiger partial charge in [0.05, 0.1) is 4.90 Å². The molecule has 0 saturated heterocycles. The number of halogens is 3. The summed E-state index contributed by atoms with van der Waals surface area (Å²) in [4.78, 5) is -0.179. The molecule has 1 fully saturated rings. The molecule has 19 heavy (non-hydrogen) atoms. The van der Waals surface area contributed by atoms with Crippen LogP contribution in [0, 0.1) is 12.8 Å². The first-order chi connectivity index (χ1) is 8.60. The van der Waals surface area contributed by atoms with E-state index in [0.717, 1.165) is 18.4 Å². The lowest BCUT2D eigenvalue weighted by molar-refractivity contribution is 0.479. The molecule has 0 heterocycles. The number of rotatable bonds is 3. The van der Waals surface area contributed by atoms with Crippen LogP contribution in [0.5, 0.6) is 0 Å². The summed E-state index contributed by atoms with van der Waals surface area (Å²) in [5, 5.41) is 0. The fourth-order valence-corrected chi connectivity index (χ4v) is 3.88. The molecule has 1 N–H and O–H groups in total. The average Bonchev–Trinajstić information content (AvgIpc) is 2.97. The second kappa shape index (κ2) is 5.08. The molecule has 7 heteroatoms. The van der Waals surface area contributed by atoms with Crippen LogP contribution < -0.4 is 0 Å². The van der Waals surface area contributed by atoms with Crippen molar-refractivity contribution in [2.75, 3.05) is 0 Å². The molecule has 1 aromatic carbocycles. The highest BCUT2D eigenvalue weighted by Crippen LogP contribution is 2.55. The Balaban J connectivity index is 2.62. The summed E-state index contributed by atoms with van der Waals surface area (Å²) in [5.41, 5.74) is 1.23. The van der Waals surface area contributed by atoms with Crippen molar-refractivity contribution in [2.45, 2.75) is 34.4 Å². The molecular formula is C12H13Cl3O3S. The number of benzene rings is 1. The van der Waals surface area contributed by atoms with Gasteiger partial charge in [-0.25, -0.2) is 0 Å². The van der Waals surface area contributed by atoms with Crippen molar-refractivity contribution in [1.82, 2.24) is 0 Å². The van der Waals surface area contributed by atoms with Crippen LogP contribution in [-0.2, 0) is 10.1 Å². The summed E-state index contributed by atoms with van der Waals surface area (Å²) < 4.78 is 30.6. The van der Waals surface area contributed by atoms with Gasteiger partial charge in [0, 0.05) is 5.92 Å². The van der Waals surface area contributed by atoms with Crippen LogP contribution in [-0.4, -0.2) is 16.8 Å². The summed E-state index contributed by atoms with van der Waals surface area (Å²) >= 11 is 18.0. The summed E-state index contributed by atoms with van der Waals surface area (Å²) in [6, 6.07) is 4.62. The van der Waals surface area contributed by atoms with Gasteiger partial charge in [0.25, 0.3) is 10.1 Å². The Morgan fingerprint density at radius 1 is 1.32 bits per heavy atom. The van der Waals surface area contributed by atoms with E-state index in [0.29, 0.717) is 5.56 Å². The number of hydrogen-bond acceptors (Lipinski definition) is 2. The molecule has 1 unspecified atom stereocenters. The minimum absolute atomic E-state index is 0.134. The molecule has 0 aliphatic heterocycles. The standard InChI is InChI=1S/C12H13Cl3O3S/c1-7-2-5-10(19(16,17)18)9(6-7)11(8-3-4-8)12(13,14)15/h2,5-6,8,11H,3-4H2,1H3,(H,16,17,18). The van der Waals surface area contributed by atoms with Crippen molar-refractivity contribution in [2.24, 2.45) is 5.92 Å². The zero-order chi connectivity index (χ0) is 14.4. The predicted octanol–water partition coefficient (Wildman–Crippen LogP) is 4.11. The van der Waals surface area contributed by atoms with Gasteiger partial charge in [-0.1, -0.05) is 52.5 Å². The number of alkyl halides is 3. The van der Waals surface area contributed by atoms with Crippen LogP contribution in [0.3, 0.4) is 0 Å². The lowest BCUT2D eigenvalue weighted by Gasteiger charge is -2.26. The van der Waals surface area contributed by atoms with Crippen LogP contribution in [0.4, 0.5) is 0 Å². The summed E-state index contributed by atoms with van der Waals surface area (Å²) in [6.07, 6.45) is 1.77. The third-order valence-electron chi connectivity index (χ3n) is 3.22. The van der Waals surface area contributed by atoms with Gasteiger partial charge in [-0.3, -0.25) is 4.55 Å². The van der Waals surface area contributed by atoms with Crippen molar-refractivity contribution >= 4 is 44.9 Å². The minimum atomic E-state index is -4.34. The van der Waals surface area contributed by atoms with E-state index >= 15 is 0 Å². The Morgan fingerprint density at radius 2 is 1.89 bits per heavy atom. The summed E-state index contributed by atoms with van der Waals surface area (Å²) in [6.45, 7) is 1.82. The minimum Gasteiger partial charge on any atom is -0.282 e. The van der Waals surface area contributed by atoms with E-state index in [1.54, 1.807) is 12.1 Å². The van der Waals surface area contributed by atoms with Crippen LogP contribution in [0.15, 0.2) is 23.1 Å². The van der Waals surface area contributed by atoms with E-state index in [1.807, 2.05) is 6.92 Å². The molecule has 1 aliphatic rings. The molecule has 2 rings (SSSR count). The number of aryl methyl sites for hydroxylation is 1. The molecule has 0 radical (unpaired) electrons. The van der Waals surface area contributed by atoms with Crippen LogP contribution in [0.2, 0.25) is 0 Å². The van der Waals surface area contributed by atoms with Crippen LogP contribution >= 0.6 is 34.8 Å². The maximum Gasteiger partial charge on any atom is 0.294 e. The highest BCUT2D eigenvalue weighted by molar-refractivity contribution is 7.85. The lowest BCUT2D eigenvalue weighted by Crippen LogP contribution is -2.21. The van der Waals surface area contributed by atoms with Crippen molar-refractivity contribution in [3.63, 3.8) is 0 Å². The van der Waals surface area contributed by atoms with Gasteiger partial charge in [0.15, 0.2) is 3.79 Å². The summed E-state index contributed by atoms with van der Waals surface area (Å²) in [7, 11) is -4.34. The second-order valence-electron chi connectivity index (χ2n) is 4.87. The molecule has 0 amide bonds. The van der Waals surface area contributed by atoms with E-state index in [9.17, 15) is 13.0 Å². The smallest absolute Gasteiger partial charge is 0.282 e. The van der Waals surface area contributed by atoms with E-state index in [2.05, 4.69) is 0 Å². The molecule has 1 atom stereocenters. The first-order valence-electron chi connectivity index (χ1n) is 5.75. The highest BCUT2D eigenvalue weighted by atomic mass is 35.6.